The molecule has 0 saturated heterocycles. The van der Waals surface area contributed by atoms with Crippen LogP contribution in [0.4, 0.5) is 0 Å². The fraction of sp³-hybridized carbons (Fsp3) is 0.396. The second-order valence-electron chi connectivity index (χ2n) is 15.6. The lowest BCUT2D eigenvalue weighted by Crippen LogP contribution is -2.38. The van der Waals surface area contributed by atoms with Crippen LogP contribution < -0.4 is 17.2 Å². The zero-order valence-electron chi connectivity index (χ0n) is 37.2. The second-order valence-corrected chi connectivity index (χ2v) is 15.6. The van der Waals surface area contributed by atoms with Gasteiger partial charge in [0.05, 0.1) is 34.2 Å². The van der Waals surface area contributed by atoms with Crippen molar-refractivity contribution in [1.82, 2.24) is 0 Å². The van der Waals surface area contributed by atoms with Gasteiger partial charge in [0.15, 0.2) is 0 Å². The van der Waals surface area contributed by atoms with Crippen molar-refractivity contribution in [2.75, 3.05) is 34.5 Å². The summed E-state index contributed by atoms with van der Waals surface area (Å²) in [6.45, 7) is 7.77. The average molecular weight is 947 g/mol. The Balaban J connectivity index is 0.000000518. The number of hydrogen-bond acceptors (Lipinski definition) is 13. The third-order valence-electron chi connectivity index (χ3n) is 11.1. The third kappa shape index (κ3) is 14.5. The lowest BCUT2D eigenvalue weighted by atomic mass is 9.97. The SMILES string of the molecule is COC(=O)[C@@H](N)C(C)C.COC(=O)[C@H](N)[C@@H](C)CC(=O)OCC1c2ccccc2-c2ccccc21.COC(=O)[C@H](N)[C@H](C)CC(=O)OCC1c2ccccc2-c2ccccc21.Cl.Cl.Cl. The Morgan fingerprint density at radius 2 is 0.703 bits per heavy atom. The first-order valence-corrected chi connectivity index (χ1v) is 20.3. The molecular formula is C48H62Cl3N3O10. The Morgan fingerprint density at radius 1 is 0.453 bits per heavy atom. The van der Waals surface area contributed by atoms with Crippen molar-refractivity contribution < 1.29 is 47.7 Å². The van der Waals surface area contributed by atoms with Crippen LogP contribution in [0.1, 0.15) is 74.6 Å². The van der Waals surface area contributed by atoms with Crippen LogP contribution in [0.15, 0.2) is 97.1 Å². The predicted molar refractivity (Wildman–Crippen MR) is 253 cm³/mol. The summed E-state index contributed by atoms with van der Waals surface area (Å²) < 4.78 is 24.7. The molecule has 0 aromatic heterocycles. The van der Waals surface area contributed by atoms with Crippen LogP contribution >= 0.6 is 37.2 Å². The summed E-state index contributed by atoms with van der Waals surface area (Å²) in [6.07, 6.45) is 0.151. The highest BCUT2D eigenvalue weighted by Crippen LogP contribution is 2.45. The number of benzene rings is 4. The van der Waals surface area contributed by atoms with Gasteiger partial charge in [-0.15, -0.1) is 37.2 Å². The van der Waals surface area contributed by atoms with Gasteiger partial charge in [-0.05, 0) is 62.3 Å². The number of hydrogen-bond donors (Lipinski definition) is 3. The van der Waals surface area contributed by atoms with Crippen molar-refractivity contribution in [3.8, 4) is 22.3 Å². The molecule has 0 radical (unpaired) electrons. The normalized spacial score (nSPS) is 14.0. The van der Waals surface area contributed by atoms with Gasteiger partial charge in [0.2, 0.25) is 0 Å². The Hall–Kier alpha value is -5.02. The molecule has 0 spiro atoms. The number of nitrogens with two attached hydrogens (primary N) is 3. The highest BCUT2D eigenvalue weighted by Gasteiger charge is 2.32. The van der Waals surface area contributed by atoms with Gasteiger partial charge in [0, 0.05) is 11.8 Å². The molecule has 5 atom stereocenters. The standard InChI is InChI=1S/2C21H23NO4.C6H13NO2.3ClH/c2*1-13(20(22)21(24)25-2)11-19(23)26-12-18-16-9-5-3-7-14(16)15-8-4-6-10-17(15)18;1-4(2)5(7)6(8)9-3;;;/h2*3-10,13,18,20H,11-12,22H2,1-2H3;4-5H,7H2,1-3H3;3*1H/t13-,20+;13-,20-;5-;;;/m010.../s1. The molecule has 350 valence electrons. The number of rotatable bonds is 14. The summed E-state index contributed by atoms with van der Waals surface area (Å²) >= 11 is 0. The number of methoxy groups -OCH3 is 3. The van der Waals surface area contributed by atoms with E-state index in [9.17, 15) is 24.0 Å². The van der Waals surface area contributed by atoms with Gasteiger partial charge in [-0.3, -0.25) is 24.0 Å². The summed E-state index contributed by atoms with van der Waals surface area (Å²) in [5.41, 5.74) is 26.4. The minimum Gasteiger partial charge on any atom is -0.468 e. The molecule has 0 aliphatic heterocycles. The van der Waals surface area contributed by atoms with Crippen LogP contribution in [0, 0.1) is 17.8 Å². The van der Waals surface area contributed by atoms with Gasteiger partial charge < -0.3 is 40.9 Å². The molecule has 0 amide bonds. The van der Waals surface area contributed by atoms with Crippen LogP contribution in [0.3, 0.4) is 0 Å². The maximum absolute atomic E-state index is 12.2. The third-order valence-corrected chi connectivity index (χ3v) is 11.1. The number of carbonyl (C=O) groups is 5. The van der Waals surface area contributed by atoms with Gasteiger partial charge in [-0.25, -0.2) is 0 Å². The summed E-state index contributed by atoms with van der Waals surface area (Å²) in [5.74, 6) is -2.61. The Bertz CT molecular complexity index is 1930. The quantitative estimate of drug-likeness (QED) is 0.0849. The Morgan fingerprint density at radius 3 is 0.938 bits per heavy atom. The van der Waals surface area contributed by atoms with Gasteiger partial charge in [0.25, 0.3) is 0 Å². The summed E-state index contributed by atoms with van der Waals surface area (Å²) in [4.78, 5) is 58.0. The predicted octanol–water partition coefficient (Wildman–Crippen LogP) is 7.15. The van der Waals surface area contributed by atoms with Crippen LogP contribution in [-0.2, 0) is 47.7 Å². The first-order chi connectivity index (χ1) is 29.1. The van der Waals surface area contributed by atoms with E-state index in [2.05, 4.69) is 62.7 Å². The number of carbonyl (C=O) groups excluding carboxylic acids is 5. The monoisotopic (exact) mass is 945 g/mol. The van der Waals surface area contributed by atoms with E-state index in [0.717, 1.165) is 0 Å². The molecule has 0 heterocycles. The minimum atomic E-state index is -0.833. The zero-order chi connectivity index (χ0) is 44.8. The molecule has 0 saturated carbocycles. The van der Waals surface area contributed by atoms with Crippen LogP contribution in [0.2, 0.25) is 0 Å². The average Bonchev–Trinajstić information content (AvgIpc) is 3.78. The first-order valence-electron chi connectivity index (χ1n) is 20.3. The van der Waals surface area contributed by atoms with Crippen molar-refractivity contribution >= 4 is 67.1 Å². The van der Waals surface area contributed by atoms with Gasteiger partial charge in [-0.2, -0.15) is 0 Å². The molecule has 6 rings (SSSR count). The Kier molecular flexibility index (Phi) is 24.3. The summed E-state index contributed by atoms with van der Waals surface area (Å²) in [5, 5.41) is 0. The molecule has 4 aromatic carbocycles. The number of ether oxygens (including phenoxy) is 5. The second kappa shape index (κ2) is 27.3. The molecule has 0 unspecified atom stereocenters. The largest absolute Gasteiger partial charge is 0.468 e. The molecule has 0 fully saturated rings. The molecule has 6 N–H and O–H groups in total. The number of halogens is 3. The lowest BCUT2D eigenvalue weighted by molar-refractivity contribution is -0.149. The molecule has 64 heavy (non-hydrogen) atoms. The van der Waals surface area contributed by atoms with E-state index in [1.807, 2.05) is 62.4 Å². The molecular weight excluding hydrogens is 885 g/mol. The minimum absolute atomic E-state index is 0. The molecule has 2 aliphatic carbocycles. The smallest absolute Gasteiger partial charge is 0.322 e. The maximum atomic E-state index is 12.2. The summed E-state index contributed by atoms with van der Waals surface area (Å²) in [6, 6.07) is 30.6. The zero-order valence-corrected chi connectivity index (χ0v) is 39.7. The van der Waals surface area contributed by atoms with E-state index in [1.54, 1.807) is 13.8 Å². The van der Waals surface area contributed by atoms with E-state index in [0.29, 0.717) is 0 Å². The van der Waals surface area contributed by atoms with Crippen molar-refractivity contribution in [3.63, 3.8) is 0 Å². The van der Waals surface area contributed by atoms with Crippen molar-refractivity contribution in [1.29, 1.82) is 0 Å². The Labute approximate surface area is 394 Å². The van der Waals surface area contributed by atoms with Crippen molar-refractivity contribution in [2.45, 2.75) is 70.5 Å². The van der Waals surface area contributed by atoms with Gasteiger partial charge in [-0.1, -0.05) is 125 Å². The van der Waals surface area contributed by atoms with Crippen LogP contribution in [-0.4, -0.2) is 82.5 Å². The van der Waals surface area contributed by atoms with E-state index >= 15 is 0 Å². The highest BCUT2D eigenvalue weighted by molar-refractivity contribution is 5.86. The van der Waals surface area contributed by atoms with Gasteiger partial charge in [0.1, 0.15) is 31.3 Å². The van der Waals surface area contributed by atoms with Crippen LogP contribution in [0.25, 0.3) is 22.3 Å². The maximum Gasteiger partial charge on any atom is 0.322 e. The fourth-order valence-electron chi connectivity index (χ4n) is 7.27. The summed E-state index contributed by atoms with van der Waals surface area (Å²) in [7, 11) is 3.90. The van der Waals surface area contributed by atoms with E-state index < -0.39 is 30.1 Å². The fourth-order valence-corrected chi connectivity index (χ4v) is 7.27. The molecule has 4 aromatic rings. The van der Waals surface area contributed by atoms with E-state index in [-0.39, 0.29) is 111 Å². The van der Waals surface area contributed by atoms with Gasteiger partial charge >= 0.3 is 29.8 Å². The number of esters is 5. The molecule has 16 heteroatoms. The lowest BCUT2D eigenvalue weighted by Gasteiger charge is -2.18. The topological polar surface area (TPSA) is 210 Å². The molecule has 2 aliphatic rings. The highest BCUT2D eigenvalue weighted by atomic mass is 35.5. The van der Waals surface area contributed by atoms with Crippen LogP contribution in [0.5, 0.6) is 0 Å². The number of fused-ring (bicyclic) bond motifs is 6. The molecule has 13 nitrogen and oxygen atoms in total. The first kappa shape index (κ1) is 57.0. The van der Waals surface area contributed by atoms with Crippen molar-refractivity contribution in [3.05, 3.63) is 119 Å². The van der Waals surface area contributed by atoms with Crippen molar-refractivity contribution in [2.24, 2.45) is 35.0 Å². The van der Waals surface area contributed by atoms with E-state index in [4.69, 9.17) is 26.7 Å². The molecule has 0 bridgehead atoms. The van der Waals surface area contributed by atoms with E-state index in [1.165, 1.54) is 65.8 Å².